The van der Waals surface area contributed by atoms with Gasteiger partial charge >= 0.3 is 17.9 Å². The summed E-state index contributed by atoms with van der Waals surface area (Å²) in [6.45, 7) is 20.4. The molecule has 12 rings (SSSR count). The van der Waals surface area contributed by atoms with Crippen LogP contribution in [0.3, 0.4) is 0 Å². The second-order valence-electron chi connectivity index (χ2n) is 34.1. The number of fused-ring (bicyclic) bond motifs is 4. The van der Waals surface area contributed by atoms with E-state index in [0.717, 1.165) is 12.7 Å². The molecule has 39 atom stereocenters. The lowest BCUT2D eigenvalue weighted by Crippen LogP contribution is -2.80. The minimum atomic E-state index is -2.25. The monoisotopic (exact) mass is 1540 g/mol. The van der Waals surface area contributed by atoms with Gasteiger partial charge in [0.05, 0.1) is 55.8 Å². The number of hydrogen-bond donors (Lipinski definition) is 15. The number of benzene rings is 1. The molecule has 0 radical (unpaired) electrons. The summed E-state index contributed by atoms with van der Waals surface area (Å²) < 4.78 is 88.4. The van der Waals surface area contributed by atoms with Crippen molar-refractivity contribution in [3.05, 3.63) is 53.6 Å². The predicted molar refractivity (Wildman–Crippen MR) is 368 cm³/mol. The van der Waals surface area contributed by atoms with Crippen molar-refractivity contribution in [2.45, 2.75) is 318 Å². The Kier molecular flexibility index (Phi) is 24.0. The van der Waals surface area contributed by atoms with Crippen LogP contribution in [-0.4, -0.2) is 305 Å². The molecule has 1 aromatic rings. The zero-order chi connectivity index (χ0) is 78.9. The van der Waals surface area contributed by atoms with Crippen LogP contribution in [0, 0.1) is 56.2 Å². The largest absolute Gasteiger partial charge is 0.467 e. The molecule has 11 aliphatic rings. The quantitative estimate of drug-likeness (QED) is 0.0363. The number of ether oxygens (including phenoxy) is 14. The standard InChI is InChI=1S/C76H114O32/c1-14-31(2)62(92)107-60-61(101-42(79)21-20-35-18-16-15-17-19-35)76-32(3)59(91)74(12)73(11)26-22-38-71(8,9)41(24-25-72(38,10)39(73)23-27-75(74,108-69(76)94)40(76)28-70(60,6)7)100-68-58(106-65-52(89)48(85)45(82)36(29-77)98-65)54(53(90)55(103-68)63(93)95-13)102-67-57(50(87)46(83)37(30-78)99-67)105-66-56(49(86)44(81)34(5)97-66)104-64-51(88)47(84)43(80)33(4)96-64/h14-21,32-34,36-41,43-61,64-69,77-78,80-91,94H,22-30H2,1-13H3/b21-20+,31-14-/t32-,33?,34?,36?,37?,38?,39?,40?,41+,43?,44?,45?,46?,47?,48?,49?,50?,51?,52?,53?,54?,55?,56?,57?,58?,59+,60+,61?,64?,65?,66?,67?,68?,69+,72+,73-,74+,75?,76?/m1/s1. The lowest BCUT2D eigenvalue weighted by Gasteiger charge is -2.76. The van der Waals surface area contributed by atoms with Gasteiger partial charge in [0, 0.05) is 28.4 Å². The molecule has 32 nitrogen and oxygen atoms in total. The maximum absolute atomic E-state index is 14.4. The second kappa shape index (κ2) is 31.0. The molecular weight excluding hydrogens is 1420 g/mol. The molecule has 2 bridgehead atoms. The highest BCUT2D eigenvalue weighted by atomic mass is 16.8. The first kappa shape index (κ1) is 83.5. The molecule has 5 saturated carbocycles. The molecule has 0 aromatic heterocycles. The fraction of sp³-hybridized carbons (Fsp3) is 0.829. The van der Waals surface area contributed by atoms with Crippen LogP contribution in [0.25, 0.3) is 6.08 Å². The molecule has 32 heteroatoms. The predicted octanol–water partition coefficient (Wildman–Crippen LogP) is -1.00. The van der Waals surface area contributed by atoms with Gasteiger partial charge in [-0.1, -0.05) is 91.8 Å². The summed E-state index contributed by atoms with van der Waals surface area (Å²) in [5.74, 6) is -4.37. The van der Waals surface area contributed by atoms with Crippen LogP contribution in [0.4, 0.5) is 0 Å². The number of carbonyl (C=O) groups excluding carboxylic acids is 3. The Morgan fingerprint density at radius 1 is 0.546 bits per heavy atom. The molecule has 6 aliphatic heterocycles. The molecule has 15 N–H and O–H groups in total. The van der Waals surface area contributed by atoms with Crippen LogP contribution in [0.1, 0.15) is 134 Å². The van der Waals surface area contributed by atoms with Crippen molar-refractivity contribution in [2.75, 3.05) is 20.3 Å². The Hall–Kier alpha value is -3.93. The van der Waals surface area contributed by atoms with Gasteiger partial charge in [0.15, 0.2) is 49.9 Å². The highest BCUT2D eigenvalue weighted by molar-refractivity contribution is 5.88. The maximum Gasteiger partial charge on any atom is 0.337 e. The van der Waals surface area contributed by atoms with E-state index in [-0.39, 0.29) is 18.3 Å². The Bertz CT molecular complexity index is 3400. The molecule has 1 aromatic carbocycles. The molecule has 0 amide bonds. The summed E-state index contributed by atoms with van der Waals surface area (Å²) in [6, 6.07) is 9.16. The molecule has 6 heterocycles. The summed E-state index contributed by atoms with van der Waals surface area (Å²) in [7, 11) is 1.01. The van der Waals surface area contributed by atoms with E-state index >= 15 is 0 Å². The third-order valence-corrected chi connectivity index (χ3v) is 28.0. The van der Waals surface area contributed by atoms with E-state index in [9.17, 15) is 91.0 Å². The van der Waals surface area contributed by atoms with Gasteiger partial charge in [-0.2, -0.15) is 0 Å². The number of hydrogen-bond acceptors (Lipinski definition) is 32. The third-order valence-electron chi connectivity index (χ3n) is 28.0. The van der Waals surface area contributed by atoms with Crippen molar-refractivity contribution in [1.82, 2.24) is 0 Å². The van der Waals surface area contributed by atoms with Crippen LogP contribution in [0.5, 0.6) is 0 Å². The van der Waals surface area contributed by atoms with Crippen molar-refractivity contribution in [3.8, 4) is 0 Å². The lowest BCUT2D eigenvalue weighted by molar-refractivity contribution is -0.412. The van der Waals surface area contributed by atoms with E-state index in [4.69, 9.17) is 66.3 Å². The normalized spacial score (nSPS) is 51.2. The second-order valence-corrected chi connectivity index (χ2v) is 34.1. The average molecular weight is 1540 g/mol. The van der Waals surface area contributed by atoms with Gasteiger partial charge in [-0.25, -0.2) is 14.4 Å². The first-order valence-corrected chi connectivity index (χ1v) is 37.9. The molecule has 1 spiro atoms. The molecule has 610 valence electrons. The van der Waals surface area contributed by atoms with E-state index in [1.165, 1.54) is 19.9 Å². The Morgan fingerprint density at radius 2 is 1.07 bits per heavy atom. The van der Waals surface area contributed by atoms with Gasteiger partial charge < -0.3 is 143 Å². The van der Waals surface area contributed by atoms with E-state index in [1.54, 1.807) is 26.0 Å². The molecule has 6 saturated heterocycles. The summed E-state index contributed by atoms with van der Waals surface area (Å²) in [6.07, 6.45) is -46.2. The van der Waals surface area contributed by atoms with Gasteiger partial charge in [0.2, 0.25) is 0 Å². The van der Waals surface area contributed by atoms with Crippen LogP contribution < -0.4 is 0 Å². The van der Waals surface area contributed by atoms with E-state index in [2.05, 4.69) is 20.8 Å². The van der Waals surface area contributed by atoms with E-state index < -0.39 is 265 Å². The van der Waals surface area contributed by atoms with Crippen LogP contribution >= 0.6 is 0 Å². The van der Waals surface area contributed by atoms with Gasteiger partial charge in [0.25, 0.3) is 0 Å². The zero-order valence-electron chi connectivity index (χ0n) is 63.3. The average Bonchev–Trinajstić information content (AvgIpc) is 1.39. The van der Waals surface area contributed by atoms with Crippen LogP contribution in [0.15, 0.2) is 48.1 Å². The highest BCUT2D eigenvalue weighted by Gasteiger charge is 2.87. The maximum atomic E-state index is 14.4. The zero-order valence-corrected chi connectivity index (χ0v) is 63.3. The number of carbonyl (C=O) groups is 3. The Morgan fingerprint density at radius 3 is 1.69 bits per heavy atom. The minimum absolute atomic E-state index is 0.163. The fourth-order valence-electron chi connectivity index (χ4n) is 21.8. The summed E-state index contributed by atoms with van der Waals surface area (Å²) >= 11 is 0. The summed E-state index contributed by atoms with van der Waals surface area (Å²) in [4.78, 5) is 42.5. The number of methoxy groups -OCH3 is 1. The molecule has 31 unspecified atom stereocenters. The topological polar surface area (TPSA) is 484 Å². The van der Waals surface area contributed by atoms with Crippen molar-refractivity contribution in [2.24, 2.45) is 56.2 Å². The molecule has 11 fully saturated rings. The van der Waals surface area contributed by atoms with Gasteiger partial charge in [0.1, 0.15) is 110 Å². The first-order valence-electron chi connectivity index (χ1n) is 37.9. The molecule has 108 heavy (non-hydrogen) atoms. The van der Waals surface area contributed by atoms with Crippen molar-refractivity contribution in [1.29, 1.82) is 0 Å². The van der Waals surface area contributed by atoms with Crippen molar-refractivity contribution >= 4 is 24.0 Å². The van der Waals surface area contributed by atoms with Gasteiger partial charge in [-0.15, -0.1) is 0 Å². The fourth-order valence-corrected chi connectivity index (χ4v) is 21.8. The number of rotatable bonds is 18. The SMILES string of the molecule is C/C=C(/C)C(=O)O[C@H]1C(OC(=O)/C=C/c2ccccc2)C23C(CC1(C)C)C1(CCC4[C@@]5(C)CC[C@H](OC6OC(C(=O)OC)C(O)C(OC7OC(CO)C(O)C(O)C7OC7OC(C)C(O)C(O)C7OC7OC(C)C(O)C(O)C7O)C6OC6OC(CO)C(O)C(O)C6O)C(C)(C)C5CC[C@@]4(C)[C@]1(C)[C@@H](O)[C@H]2C)O[C@@H]3O. The Balaban J connectivity index is 0.870. The third kappa shape index (κ3) is 13.4. The summed E-state index contributed by atoms with van der Waals surface area (Å²) in [5, 5.41) is 173. The van der Waals surface area contributed by atoms with Crippen LogP contribution in [0.2, 0.25) is 0 Å². The number of allylic oxidation sites excluding steroid dienone is 1. The Labute approximate surface area is 627 Å². The van der Waals surface area contributed by atoms with Crippen molar-refractivity contribution in [3.63, 3.8) is 0 Å². The van der Waals surface area contributed by atoms with Gasteiger partial charge in [-0.3, -0.25) is 0 Å². The van der Waals surface area contributed by atoms with E-state index in [0.29, 0.717) is 44.1 Å². The highest BCUT2D eigenvalue weighted by Crippen LogP contribution is 2.83. The molecular formula is C76H114O32. The van der Waals surface area contributed by atoms with Gasteiger partial charge in [-0.05, 0) is 118 Å². The first-order chi connectivity index (χ1) is 50.7. The minimum Gasteiger partial charge on any atom is -0.467 e. The number of aliphatic hydroxyl groups excluding tert-OH is 15. The van der Waals surface area contributed by atoms with Crippen molar-refractivity contribution < 1.29 is 157 Å². The smallest absolute Gasteiger partial charge is 0.337 e. The van der Waals surface area contributed by atoms with Crippen LogP contribution in [-0.2, 0) is 80.7 Å². The number of aliphatic hydroxyl groups is 15. The summed E-state index contributed by atoms with van der Waals surface area (Å²) in [5.41, 5.74) is -5.95. The van der Waals surface area contributed by atoms with E-state index in [1.807, 2.05) is 65.0 Å². The lowest BCUT2D eigenvalue weighted by atomic mass is 9.29. The number of esters is 3. The molecule has 5 aliphatic carbocycles.